The lowest BCUT2D eigenvalue weighted by molar-refractivity contribution is -0.00270. The Labute approximate surface area is 110 Å². The Hall–Kier alpha value is -0.720. The van der Waals surface area contributed by atoms with Crippen molar-refractivity contribution in [3.63, 3.8) is 0 Å². The summed E-state index contributed by atoms with van der Waals surface area (Å²) in [7, 11) is 0. The quantitative estimate of drug-likeness (QED) is 0.892. The molecule has 0 radical (unpaired) electrons. The summed E-state index contributed by atoms with van der Waals surface area (Å²) in [6.07, 6.45) is -4.78. The molecule has 2 N–H and O–H groups in total. The summed E-state index contributed by atoms with van der Waals surface area (Å²) in [6.45, 7) is -0.528. The number of carbonyl (C=O) groups is 1. The van der Waals surface area contributed by atoms with Gasteiger partial charge in [0.1, 0.15) is 6.10 Å². The van der Waals surface area contributed by atoms with Crippen LogP contribution in [0.4, 0.5) is 8.78 Å². The summed E-state index contributed by atoms with van der Waals surface area (Å²) in [6, 6.07) is 4.69. The normalized spacial score (nSPS) is 12.6. The van der Waals surface area contributed by atoms with Gasteiger partial charge in [0.05, 0.1) is 10.6 Å². The van der Waals surface area contributed by atoms with Gasteiger partial charge in [-0.3, -0.25) is 4.79 Å². The molecular formula is C10H9BrClF2NO2. The number of hydrogen-bond donors (Lipinski definition) is 2. The Morgan fingerprint density at radius 2 is 2.18 bits per heavy atom. The van der Waals surface area contributed by atoms with Crippen molar-refractivity contribution < 1.29 is 18.7 Å². The van der Waals surface area contributed by atoms with Crippen molar-refractivity contribution in [1.82, 2.24) is 5.32 Å². The van der Waals surface area contributed by atoms with Gasteiger partial charge < -0.3 is 10.4 Å². The molecule has 0 bridgehead atoms. The number of aliphatic hydroxyl groups is 1. The minimum atomic E-state index is -2.90. The molecule has 1 aromatic carbocycles. The smallest absolute Gasteiger partial charge is 0.265 e. The van der Waals surface area contributed by atoms with Gasteiger partial charge in [0.2, 0.25) is 0 Å². The lowest BCUT2D eigenvalue weighted by Crippen LogP contribution is -2.35. The number of rotatable bonds is 4. The summed E-state index contributed by atoms with van der Waals surface area (Å²) in [5, 5.41) is 11.2. The lowest BCUT2D eigenvalue weighted by Gasteiger charge is -2.11. The highest BCUT2D eigenvalue weighted by Crippen LogP contribution is 2.25. The minimum Gasteiger partial charge on any atom is -0.385 e. The van der Waals surface area contributed by atoms with E-state index >= 15 is 0 Å². The Kier molecular flexibility index (Phi) is 5.30. The molecular weight excluding hydrogens is 319 g/mol. The molecule has 0 spiro atoms. The topological polar surface area (TPSA) is 49.3 Å². The van der Waals surface area contributed by atoms with Crippen LogP contribution in [-0.2, 0) is 0 Å². The summed E-state index contributed by atoms with van der Waals surface area (Å²) in [5.41, 5.74) is 0.155. The SMILES string of the molecule is O=C(NCC(O)C(F)F)c1cccc(Br)c1Cl. The van der Waals surface area contributed by atoms with Gasteiger partial charge in [-0.25, -0.2) is 8.78 Å². The Balaban J connectivity index is 2.68. The molecule has 0 aliphatic heterocycles. The molecule has 0 heterocycles. The van der Waals surface area contributed by atoms with Crippen molar-refractivity contribution in [2.75, 3.05) is 6.54 Å². The fourth-order valence-corrected chi connectivity index (χ4v) is 1.64. The maximum absolute atomic E-state index is 12.0. The highest BCUT2D eigenvalue weighted by atomic mass is 79.9. The minimum absolute atomic E-state index is 0.155. The zero-order chi connectivity index (χ0) is 13.0. The van der Waals surface area contributed by atoms with Crippen LogP contribution in [-0.4, -0.2) is 30.1 Å². The Morgan fingerprint density at radius 1 is 1.53 bits per heavy atom. The van der Waals surface area contributed by atoms with Crippen LogP contribution >= 0.6 is 27.5 Å². The first-order valence-corrected chi connectivity index (χ1v) is 5.79. The van der Waals surface area contributed by atoms with Crippen molar-refractivity contribution in [2.24, 2.45) is 0 Å². The van der Waals surface area contributed by atoms with E-state index in [2.05, 4.69) is 21.2 Å². The van der Waals surface area contributed by atoms with Crippen molar-refractivity contribution in [3.05, 3.63) is 33.3 Å². The van der Waals surface area contributed by atoms with E-state index in [1.54, 1.807) is 12.1 Å². The summed E-state index contributed by atoms with van der Waals surface area (Å²) < 4.78 is 24.5. The third-order valence-electron chi connectivity index (χ3n) is 1.96. The van der Waals surface area contributed by atoms with Crippen LogP contribution in [0.3, 0.4) is 0 Å². The Morgan fingerprint density at radius 3 is 2.76 bits per heavy atom. The molecule has 0 aromatic heterocycles. The van der Waals surface area contributed by atoms with Gasteiger partial charge in [-0.15, -0.1) is 0 Å². The third kappa shape index (κ3) is 3.90. The number of alkyl halides is 2. The molecule has 0 aliphatic rings. The summed E-state index contributed by atoms with van der Waals surface area (Å²) in [4.78, 5) is 11.6. The highest BCUT2D eigenvalue weighted by molar-refractivity contribution is 9.10. The number of hydrogen-bond acceptors (Lipinski definition) is 2. The molecule has 0 aliphatic carbocycles. The van der Waals surface area contributed by atoms with E-state index in [4.69, 9.17) is 16.7 Å². The molecule has 1 aromatic rings. The first-order valence-electron chi connectivity index (χ1n) is 4.62. The number of carbonyl (C=O) groups excluding carboxylic acids is 1. The van der Waals surface area contributed by atoms with Crippen LogP contribution in [0.5, 0.6) is 0 Å². The first-order chi connectivity index (χ1) is 7.93. The molecule has 17 heavy (non-hydrogen) atoms. The van der Waals surface area contributed by atoms with E-state index in [-0.39, 0.29) is 10.6 Å². The van der Waals surface area contributed by atoms with Crippen molar-refractivity contribution in [3.8, 4) is 0 Å². The molecule has 0 saturated carbocycles. The van der Waals surface area contributed by atoms with E-state index in [0.717, 1.165) is 0 Å². The number of nitrogens with one attached hydrogen (secondary N) is 1. The van der Waals surface area contributed by atoms with Crippen LogP contribution < -0.4 is 5.32 Å². The van der Waals surface area contributed by atoms with Crippen molar-refractivity contribution >= 4 is 33.4 Å². The van der Waals surface area contributed by atoms with E-state index < -0.39 is 25.0 Å². The van der Waals surface area contributed by atoms with Gasteiger partial charge in [-0.1, -0.05) is 17.7 Å². The second-order valence-corrected chi connectivity index (χ2v) is 4.45. The van der Waals surface area contributed by atoms with Gasteiger partial charge in [0.25, 0.3) is 12.3 Å². The van der Waals surface area contributed by atoms with E-state index in [9.17, 15) is 13.6 Å². The van der Waals surface area contributed by atoms with Gasteiger partial charge in [-0.05, 0) is 28.1 Å². The van der Waals surface area contributed by atoms with Crippen LogP contribution in [0.2, 0.25) is 5.02 Å². The number of benzene rings is 1. The molecule has 1 unspecified atom stereocenters. The van der Waals surface area contributed by atoms with Crippen LogP contribution in [0.25, 0.3) is 0 Å². The monoisotopic (exact) mass is 327 g/mol. The van der Waals surface area contributed by atoms with Crippen molar-refractivity contribution in [2.45, 2.75) is 12.5 Å². The second-order valence-electron chi connectivity index (χ2n) is 3.21. The molecule has 0 saturated heterocycles. The van der Waals surface area contributed by atoms with E-state index in [1.807, 2.05) is 0 Å². The van der Waals surface area contributed by atoms with Gasteiger partial charge >= 0.3 is 0 Å². The fraction of sp³-hybridized carbons (Fsp3) is 0.300. The second kappa shape index (κ2) is 6.28. The lowest BCUT2D eigenvalue weighted by atomic mass is 10.2. The van der Waals surface area contributed by atoms with Crippen LogP contribution in [0.1, 0.15) is 10.4 Å². The summed E-state index contributed by atoms with van der Waals surface area (Å²) >= 11 is 8.98. The summed E-state index contributed by atoms with van der Waals surface area (Å²) in [5.74, 6) is -0.615. The average Bonchev–Trinajstić information content (AvgIpc) is 2.29. The van der Waals surface area contributed by atoms with Gasteiger partial charge in [0, 0.05) is 11.0 Å². The number of amides is 1. The third-order valence-corrected chi connectivity index (χ3v) is 3.26. The molecule has 3 nitrogen and oxygen atoms in total. The first kappa shape index (κ1) is 14.3. The largest absolute Gasteiger partial charge is 0.385 e. The molecule has 7 heteroatoms. The highest BCUT2D eigenvalue weighted by Gasteiger charge is 2.19. The maximum Gasteiger partial charge on any atom is 0.265 e. The molecule has 1 amide bonds. The standard InChI is InChI=1S/C10H9BrClF2NO2/c11-6-3-1-2-5(8(6)12)10(17)15-4-7(16)9(13)14/h1-3,7,9,16H,4H2,(H,15,17). The van der Waals surface area contributed by atoms with E-state index in [1.165, 1.54) is 6.07 Å². The van der Waals surface area contributed by atoms with Crippen LogP contribution in [0, 0.1) is 0 Å². The maximum atomic E-state index is 12.0. The predicted octanol–water partition coefficient (Wildman–Crippen LogP) is 2.46. The average molecular weight is 329 g/mol. The Bertz CT molecular complexity index is 417. The molecule has 94 valence electrons. The van der Waals surface area contributed by atoms with Crippen molar-refractivity contribution in [1.29, 1.82) is 0 Å². The molecule has 1 rings (SSSR count). The van der Waals surface area contributed by atoms with Gasteiger partial charge in [-0.2, -0.15) is 0 Å². The van der Waals surface area contributed by atoms with Gasteiger partial charge in [0.15, 0.2) is 0 Å². The number of aliphatic hydroxyl groups excluding tert-OH is 1. The predicted molar refractivity (Wildman–Crippen MR) is 63.5 cm³/mol. The number of halogens is 4. The van der Waals surface area contributed by atoms with Crippen LogP contribution in [0.15, 0.2) is 22.7 Å². The zero-order valence-electron chi connectivity index (χ0n) is 8.46. The molecule has 1 atom stereocenters. The fourth-order valence-electron chi connectivity index (χ4n) is 1.06. The molecule has 0 fully saturated rings. The van der Waals surface area contributed by atoms with E-state index in [0.29, 0.717) is 4.47 Å². The zero-order valence-corrected chi connectivity index (χ0v) is 10.8.